The molecule has 0 spiro atoms. The lowest BCUT2D eigenvalue weighted by atomic mass is 9.76. The van der Waals surface area contributed by atoms with Crippen LogP contribution >= 0.6 is 0 Å². The fourth-order valence-electron chi connectivity index (χ4n) is 2.94. The minimum absolute atomic E-state index is 0.285. The summed E-state index contributed by atoms with van der Waals surface area (Å²) >= 11 is 0. The topological polar surface area (TPSA) is 20.2 Å². The van der Waals surface area contributed by atoms with Crippen molar-refractivity contribution in [1.82, 2.24) is 0 Å². The van der Waals surface area contributed by atoms with E-state index in [1.165, 1.54) is 22.3 Å². The Morgan fingerprint density at radius 3 is 1.71 bits per heavy atom. The highest BCUT2D eigenvalue weighted by Crippen LogP contribution is 2.50. The molecule has 1 atom stereocenters. The maximum absolute atomic E-state index is 10.2. The molecule has 0 aliphatic heterocycles. The van der Waals surface area contributed by atoms with Gasteiger partial charge in [-0.2, -0.15) is 0 Å². The Balaban J connectivity index is 2.39. The number of fused-ring (bicyclic) bond motifs is 3. The largest absolute Gasteiger partial charge is 0.392 e. The smallest absolute Gasteiger partial charge is 0.0647 e. The molecule has 0 fully saturated rings. The van der Waals surface area contributed by atoms with Gasteiger partial charge in [-0.05, 0) is 36.1 Å². The first-order valence-electron chi connectivity index (χ1n) is 6.03. The first-order valence-corrected chi connectivity index (χ1v) is 6.03. The summed E-state index contributed by atoms with van der Waals surface area (Å²) in [4.78, 5) is 0. The minimum Gasteiger partial charge on any atom is -0.392 e. The van der Waals surface area contributed by atoms with Crippen LogP contribution in [0.15, 0.2) is 48.5 Å². The minimum atomic E-state index is -0.396. The molecule has 0 saturated carbocycles. The van der Waals surface area contributed by atoms with Crippen LogP contribution in [0, 0.1) is 0 Å². The molecule has 1 aliphatic rings. The van der Waals surface area contributed by atoms with Crippen molar-refractivity contribution < 1.29 is 5.11 Å². The van der Waals surface area contributed by atoms with Crippen molar-refractivity contribution in [3.8, 4) is 11.1 Å². The molecule has 0 bridgehead atoms. The molecule has 1 N–H and O–H groups in total. The van der Waals surface area contributed by atoms with E-state index in [1.807, 2.05) is 19.1 Å². The lowest BCUT2D eigenvalue weighted by molar-refractivity contribution is 0.132. The zero-order chi connectivity index (χ0) is 12.0. The summed E-state index contributed by atoms with van der Waals surface area (Å²) in [6, 6.07) is 16.7. The molecule has 1 heteroatoms. The van der Waals surface area contributed by atoms with Gasteiger partial charge in [-0.3, -0.25) is 0 Å². The van der Waals surface area contributed by atoms with Crippen LogP contribution < -0.4 is 0 Å². The number of aliphatic hydroxyl groups is 1. The van der Waals surface area contributed by atoms with Gasteiger partial charge in [0, 0.05) is 5.41 Å². The van der Waals surface area contributed by atoms with Crippen LogP contribution in [-0.4, -0.2) is 11.2 Å². The van der Waals surface area contributed by atoms with Gasteiger partial charge in [0.25, 0.3) is 0 Å². The Hall–Kier alpha value is -1.60. The van der Waals surface area contributed by atoms with E-state index in [0.717, 1.165) is 0 Å². The van der Waals surface area contributed by atoms with Crippen LogP contribution in [0.2, 0.25) is 0 Å². The van der Waals surface area contributed by atoms with Crippen LogP contribution in [0.4, 0.5) is 0 Å². The summed E-state index contributed by atoms with van der Waals surface area (Å²) in [6.07, 6.45) is -0.396. The maximum Gasteiger partial charge on any atom is 0.0647 e. The standard InChI is InChI=1S/C16H16O/c1-11(17)16(2)14-9-5-3-7-12(14)13-8-4-6-10-15(13)16/h3-11,17H,1-2H3. The first-order chi connectivity index (χ1) is 8.15. The quantitative estimate of drug-likeness (QED) is 0.787. The number of hydrogen-bond acceptors (Lipinski definition) is 1. The fraction of sp³-hybridized carbons (Fsp3) is 0.250. The first kappa shape index (κ1) is 10.5. The Labute approximate surface area is 102 Å². The number of benzene rings is 2. The Morgan fingerprint density at radius 2 is 1.29 bits per heavy atom. The van der Waals surface area contributed by atoms with Crippen LogP contribution in [0.5, 0.6) is 0 Å². The van der Waals surface area contributed by atoms with Crippen molar-refractivity contribution >= 4 is 0 Å². The Morgan fingerprint density at radius 1 is 0.882 bits per heavy atom. The summed E-state index contributed by atoms with van der Waals surface area (Å²) < 4.78 is 0. The summed E-state index contributed by atoms with van der Waals surface area (Å²) in [5.41, 5.74) is 4.69. The van der Waals surface area contributed by atoms with Crippen molar-refractivity contribution in [2.45, 2.75) is 25.4 Å². The van der Waals surface area contributed by atoms with Crippen molar-refractivity contribution in [3.05, 3.63) is 59.7 Å². The molecule has 3 rings (SSSR count). The maximum atomic E-state index is 10.2. The molecule has 0 radical (unpaired) electrons. The van der Waals surface area contributed by atoms with E-state index in [4.69, 9.17) is 0 Å². The normalized spacial score (nSPS) is 17.4. The fourth-order valence-corrected chi connectivity index (χ4v) is 2.94. The van der Waals surface area contributed by atoms with Gasteiger partial charge in [0.2, 0.25) is 0 Å². The SMILES string of the molecule is CC(O)C1(C)c2ccccc2-c2ccccc21. The summed E-state index contributed by atoms with van der Waals surface area (Å²) in [5, 5.41) is 10.2. The van der Waals surface area contributed by atoms with E-state index in [-0.39, 0.29) is 5.41 Å². The van der Waals surface area contributed by atoms with Gasteiger partial charge in [-0.25, -0.2) is 0 Å². The lowest BCUT2D eigenvalue weighted by Crippen LogP contribution is -2.33. The van der Waals surface area contributed by atoms with Gasteiger partial charge in [-0.15, -0.1) is 0 Å². The highest BCUT2D eigenvalue weighted by Gasteiger charge is 2.42. The van der Waals surface area contributed by atoms with Crippen molar-refractivity contribution in [1.29, 1.82) is 0 Å². The molecule has 1 nitrogen and oxygen atoms in total. The second-order valence-corrected chi connectivity index (χ2v) is 4.97. The van der Waals surface area contributed by atoms with E-state index in [2.05, 4.69) is 43.3 Å². The molecule has 0 heterocycles. The molecular formula is C16H16O. The molecule has 0 aromatic heterocycles. The third-order valence-electron chi connectivity index (χ3n) is 4.10. The molecular weight excluding hydrogens is 208 g/mol. The molecule has 1 unspecified atom stereocenters. The molecule has 2 aromatic rings. The lowest BCUT2D eigenvalue weighted by Gasteiger charge is -2.30. The van der Waals surface area contributed by atoms with Gasteiger partial charge in [-0.1, -0.05) is 48.5 Å². The molecule has 0 saturated heterocycles. The van der Waals surface area contributed by atoms with Crippen LogP contribution in [0.3, 0.4) is 0 Å². The third kappa shape index (κ3) is 1.23. The van der Waals surface area contributed by atoms with Crippen LogP contribution in [0.1, 0.15) is 25.0 Å². The predicted octanol–water partition coefficient (Wildman–Crippen LogP) is 3.35. The summed E-state index contributed by atoms with van der Waals surface area (Å²) in [5.74, 6) is 0. The van der Waals surface area contributed by atoms with Crippen LogP contribution in [-0.2, 0) is 5.41 Å². The average Bonchev–Trinajstić information content (AvgIpc) is 2.63. The van der Waals surface area contributed by atoms with Crippen molar-refractivity contribution in [2.24, 2.45) is 0 Å². The van der Waals surface area contributed by atoms with Gasteiger partial charge in [0.05, 0.1) is 6.10 Å². The summed E-state index contributed by atoms with van der Waals surface area (Å²) in [7, 11) is 0. The van der Waals surface area contributed by atoms with Crippen LogP contribution in [0.25, 0.3) is 11.1 Å². The average molecular weight is 224 g/mol. The highest BCUT2D eigenvalue weighted by molar-refractivity contribution is 5.81. The van der Waals surface area contributed by atoms with Gasteiger partial charge < -0.3 is 5.11 Å². The third-order valence-corrected chi connectivity index (χ3v) is 4.10. The zero-order valence-electron chi connectivity index (χ0n) is 10.1. The van der Waals surface area contributed by atoms with E-state index in [1.54, 1.807) is 0 Å². The molecule has 1 aliphatic carbocycles. The van der Waals surface area contributed by atoms with E-state index in [0.29, 0.717) is 0 Å². The zero-order valence-corrected chi connectivity index (χ0v) is 10.1. The molecule has 2 aromatic carbocycles. The molecule has 17 heavy (non-hydrogen) atoms. The van der Waals surface area contributed by atoms with E-state index < -0.39 is 6.10 Å². The van der Waals surface area contributed by atoms with Gasteiger partial charge in [0.15, 0.2) is 0 Å². The highest BCUT2D eigenvalue weighted by atomic mass is 16.3. The van der Waals surface area contributed by atoms with Crippen molar-refractivity contribution in [3.63, 3.8) is 0 Å². The van der Waals surface area contributed by atoms with E-state index >= 15 is 0 Å². The second-order valence-electron chi connectivity index (χ2n) is 4.97. The Bertz CT molecular complexity index is 524. The monoisotopic (exact) mass is 224 g/mol. The van der Waals surface area contributed by atoms with Crippen molar-refractivity contribution in [2.75, 3.05) is 0 Å². The molecule has 86 valence electrons. The summed E-state index contributed by atoms with van der Waals surface area (Å²) in [6.45, 7) is 4.00. The van der Waals surface area contributed by atoms with Gasteiger partial charge in [0.1, 0.15) is 0 Å². The number of hydrogen-bond donors (Lipinski definition) is 1. The number of rotatable bonds is 1. The number of aliphatic hydroxyl groups excluding tert-OH is 1. The van der Waals surface area contributed by atoms with E-state index in [9.17, 15) is 5.11 Å². The second kappa shape index (κ2) is 3.44. The predicted molar refractivity (Wildman–Crippen MR) is 70.0 cm³/mol. The molecule has 0 amide bonds. The van der Waals surface area contributed by atoms with Gasteiger partial charge >= 0.3 is 0 Å². The Kier molecular flexibility index (Phi) is 2.14.